The van der Waals surface area contributed by atoms with Gasteiger partial charge in [-0.2, -0.15) is 8.42 Å². The first-order valence-corrected chi connectivity index (χ1v) is 12.7. The molecule has 0 heterocycles. The van der Waals surface area contributed by atoms with Crippen molar-refractivity contribution in [3.8, 4) is 5.75 Å². The molecule has 0 aliphatic rings. The van der Waals surface area contributed by atoms with Crippen molar-refractivity contribution in [2.45, 2.75) is 71.0 Å². The van der Waals surface area contributed by atoms with E-state index in [1.807, 2.05) is 34.6 Å². The van der Waals surface area contributed by atoms with Gasteiger partial charge < -0.3 is 19.7 Å². The largest absolute Gasteiger partial charge is 0.379 e. The summed E-state index contributed by atoms with van der Waals surface area (Å²) in [5, 5.41) is 5.92. The SMILES string of the molecule is CCC(C)N(Cc1cc(Cl)ccc1OS(=O)(=O)c1ccc(NC(C)=O)cc1)C(=O)NC(C)(C)C. The lowest BCUT2D eigenvalue weighted by Crippen LogP contribution is -2.50. The molecule has 0 fully saturated rings. The van der Waals surface area contributed by atoms with E-state index in [2.05, 4.69) is 10.6 Å². The molecule has 34 heavy (non-hydrogen) atoms. The molecule has 2 aromatic rings. The van der Waals surface area contributed by atoms with Crippen LogP contribution in [0.15, 0.2) is 47.4 Å². The van der Waals surface area contributed by atoms with E-state index in [0.717, 1.165) is 0 Å². The molecule has 10 heteroatoms. The average Bonchev–Trinajstić information content (AvgIpc) is 2.71. The summed E-state index contributed by atoms with van der Waals surface area (Å²) in [5.74, 6) is -0.189. The van der Waals surface area contributed by atoms with Gasteiger partial charge in [0.1, 0.15) is 10.6 Å². The minimum atomic E-state index is -4.18. The molecule has 2 N–H and O–H groups in total. The van der Waals surface area contributed by atoms with E-state index in [9.17, 15) is 18.0 Å². The van der Waals surface area contributed by atoms with Gasteiger partial charge in [-0.3, -0.25) is 4.79 Å². The molecule has 0 saturated heterocycles. The van der Waals surface area contributed by atoms with Gasteiger partial charge in [-0.15, -0.1) is 0 Å². The van der Waals surface area contributed by atoms with Crippen molar-refractivity contribution in [1.29, 1.82) is 0 Å². The predicted octanol–water partition coefficient (Wildman–Crippen LogP) is 5.17. The summed E-state index contributed by atoms with van der Waals surface area (Å²) < 4.78 is 31.3. The lowest BCUT2D eigenvalue weighted by Gasteiger charge is -2.32. The van der Waals surface area contributed by atoms with Gasteiger partial charge in [0.05, 0.1) is 6.54 Å². The molecule has 2 aromatic carbocycles. The molecule has 2 rings (SSSR count). The molecule has 186 valence electrons. The van der Waals surface area contributed by atoms with E-state index in [1.54, 1.807) is 11.0 Å². The maximum Gasteiger partial charge on any atom is 0.339 e. The number of halogens is 1. The number of hydrogen-bond donors (Lipinski definition) is 2. The van der Waals surface area contributed by atoms with Crippen LogP contribution in [0.2, 0.25) is 5.02 Å². The maximum atomic E-state index is 13.0. The van der Waals surface area contributed by atoms with Crippen LogP contribution in [0.25, 0.3) is 0 Å². The lowest BCUT2D eigenvalue weighted by molar-refractivity contribution is -0.114. The first-order chi connectivity index (χ1) is 15.7. The van der Waals surface area contributed by atoms with Crippen LogP contribution in [0.1, 0.15) is 53.5 Å². The van der Waals surface area contributed by atoms with Crippen molar-refractivity contribution < 1.29 is 22.2 Å². The van der Waals surface area contributed by atoms with Crippen LogP contribution in [-0.2, 0) is 21.5 Å². The number of rotatable bonds is 8. The number of urea groups is 1. The smallest absolute Gasteiger partial charge is 0.339 e. The molecule has 1 atom stereocenters. The van der Waals surface area contributed by atoms with Crippen molar-refractivity contribution in [1.82, 2.24) is 10.2 Å². The molecule has 0 radical (unpaired) electrons. The van der Waals surface area contributed by atoms with Crippen LogP contribution < -0.4 is 14.8 Å². The molecule has 0 bridgehead atoms. The normalized spacial score (nSPS) is 12.6. The van der Waals surface area contributed by atoms with E-state index in [1.165, 1.54) is 43.3 Å². The Morgan fingerprint density at radius 3 is 2.26 bits per heavy atom. The van der Waals surface area contributed by atoms with Crippen LogP contribution in [0.3, 0.4) is 0 Å². The Kier molecular flexibility index (Phi) is 8.96. The Labute approximate surface area is 206 Å². The molecule has 3 amide bonds. The van der Waals surface area contributed by atoms with E-state index in [-0.39, 0.29) is 35.2 Å². The Bertz CT molecular complexity index is 1130. The zero-order valence-electron chi connectivity index (χ0n) is 20.3. The van der Waals surface area contributed by atoms with Crippen LogP contribution in [0.5, 0.6) is 5.75 Å². The Morgan fingerprint density at radius 2 is 1.74 bits per heavy atom. The number of carbonyl (C=O) groups is 2. The van der Waals surface area contributed by atoms with Gasteiger partial charge in [-0.05, 0) is 76.6 Å². The van der Waals surface area contributed by atoms with Gasteiger partial charge in [0.2, 0.25) is 5.91 Å². The van der Waals surface area contributed by atoms with Gasteiger partial charge in [0, 0.05) is 34.8 Å². The second-order valence-corrected chi connectivity index (χ2v) is 11.0. The van der Waals surface area contributed by atoms with Crippen molar-refractivity contribution in [2.75, 3.05) is 5.32 Å². The number of benzene rings is 2. The first-order valence-electron chi connectivity index (χ1n) is 10.9. The van der Waals surface area contributed by atoms with Crippen molar-refractivity contribution in [3.63, 3.8) is 0 Å². The quantitative estimate of drug-likeness (QED) is 0.477. The molecule has 0 saturated carbocycles. The fraction of sp³-hybridized carbons (Fsp3) is 0.417. The molecular weight excluding hydrogens is 478 g/mol. The number of amides is 3. The number of carbonyl (C=O) groups excluding carboxylic acids is 2. The third kappa shape index (κ3) is 7.92. The van der Waals surface area contributed by atoms with E-state index in [0.29, 0.717) is 22.7 Å². The summed E-state index contributed by atoms with van der Waals surface area (Å²) in [5.41, 5.74) is 0.478. The van der Waals surface area contributed by atoms with Crippen LogP contribution >= 0.6 is 11.6 Å². The zero-order valence-corrected chi connectivity index (χ0v) is 21.9. The standard InChI is InChI=1S/C24H32ClN3O5S/c1-7-16(2)28(23(30)27-24(4,5)6)15-18-14-19(25)8-13-22(18)33-34(31,32)21-11-9-20(10-12-21)26-17(3)29/h8-14,16H,7,15H2,1-6H3,(H,26,29)(H,27,30). The van der Waals surface area contributed by atoms with E-state index in [4.69, 9.17) is 15.8 Å². The maximum absolute atomic E-state index is 13.0. The summed E-state index contributed by atoms with van der Waals surface area (Å²) in [6, 6.07) is 9.83. The molecule has 0 aromatic heterocycles. The molecule has 0 aliphatic heterocycles. The molecular formula is C24H32ClN3O5S. The summed E-state index contributed by atoms with van der Waals surface area (Å²) in [4.78, 5) is 25.7. The van der Waals surface area contributed by atoms with E-state index < -0.39 is 15.7 Å². The predicted molar refractivity (Wildman–Crippen MR) is 134 cm³/mol. The Balaban J connectivity index is 2.36. The lowest BCUT2D eigenvalue weighted by atomic mass is 10.1. The zero-order chi connectivity index (χ0) is 25.7. The Morgan fingerprint density at radius 1 is 1.12 bits per heavy atom. The van der Waals surface area contributed by atoms with E-state index >= 15 is 0 Å². The van der Waals surface area contributed by atoms with Crippen molar-refractivity contribution >= 4 is 39.3 Å². The van der Waals surface area contributed by atoms with Crippen molar-refractivity contribution in [3.05, 3.63) is 53.1 Å². The topological polar surface area (TPSA) is 105 Å². The monoisotopic (exact) mass is 509 g/mol. The van der Waals surface area contributed by atoms with Crippen molar-refractivity contribution in [2.24, 2.45) is 0 Å². The third-order valence-corrected chi connectivity index (χ3v) is 6.38. The minimum absolute atomic E-state index is 0.0761. The number of nitrogens with one attached hydrogen (secondary N) is 2. The van der Waals surface area contributed by atoms with Gasteiger partial charge in [0.25, 0.3) is 0 Å². The minimum Gasteiger partial charge on any atom is -0.379 e. The van der Waals surface area contributed by atoms with Crippen LogP contribution in [0.4, 0.5) is 10.5 Å². The van der Waals surface area contributed by atoms with Crippen LogP contribution in [0, 0.1) is 0 Å². The van der Waals surface area contributed by atoms with Gasteiger partial charge in [-0.1, -0.05) is 18.5 Å². The number of nitrogens with zero attached hydrogens (tertiary/aromatic N) is 1. The highest BCUT2D eigenvalue weighted by atomic mass is 35.5. The average molecular weight is 510 g/mol. The number of hydrogen-bond acceptors (Lipinski definition) is 5. The second-order valence-electron chi connectivity index (χ2n) is 9.06. The molecule has 0 spiro atoms. The highest BCUT2D eigenvalue weighted by molar-refractivity contribution is 7.87. The summed E-state index contributed by atoms with van der Waals surface area (Å²) in [6.07, 6.45) is 0.702. The second kappa shape index (κ2) is 11.1. The highest BCUT2D eigenvalue weighted by Gasteiger charge is 2.26. The third-order valence-electron chi connectivity index (χ3n) is 4.89. The first kappa shape index (κ1) is 27.5. The molecule has 0 aliphatic carbocycles. The van der Waals surface area contributed by atoms with Crippen LogP contribution in [-0.4, -0.2) is 36.8 Å². The molecule has 8 nitrogen and oxygen atoms in total. The Hall–Kier alpha value is -2.78. The summed E-state index contributed by atoms with van der Waals surface area (Å²) >= 11 is 6.19. The van der Waals surface area contributed by atoms with Gasteiger partial charge >= 0.3 is 16.1 Å². The summed E-state index contributed by atoms with van der Waals surface area (Å²) in [7, 11) is -4.18. The fourth-order valence-electron chi connectivity index (χ4n) is 3.05. The highest BCUT2D eigenvalue weighted by Crippen LogP contribution is 2.29. The number of anilines is 1. The fourth-order valence-corrected chi connectivity index (χ4v) is 4.21. The summed E-state index contributed by atoms with van der Waals surface area (Å²) in [6.45, 7) is 11.0. The van der Waals surface area contributed by atoms with Gasteiger partial charge in [0.15, 0.2) is 0 Å². The van der Waals surface area contributed by atoms with Gasteiger partial charge in [-0.25, -0.2) is 4.79 Å². The molecule has 1 unspecified atom stereocenters.